The highest BCUT2D eigenvalue weighted by Gasteiger charge is 2.18. The summed E-state index contributed by atoms with van der Waals surface area (Å²) in [6.07, 6.45) is 5.06. The standard InChI is InChI=1S/C16H26N2.ClH/c1-13(2)12-15(17)14-8-4-5-9-16(14)18-10-6-3-7-11-18;/h4-5,8-9,13,15H,3,6-7,10-12,17H2,1-2H3;1H. The van der Waals surface area contributed by atoms with E-state index in [9.17, 15) is 0 Å². The van der Waals surface area contributed by atoms with Crippen molar-refractivity contribution in [1.29, 1.82) is 0 Å². The van der Waals surface area contributed by atoms with Crippen LogP contribution in [0.15, 0.2) is 24.3 Å². The lowest BCUT2D eigenvalue weighted by atomic mass is 9.95. The second kappa shape index (κ2) is 7.76. The summed E-state index contributed by atoms with van der Waals surface area (Å²) < 4.78 is 0. The fourth-order valence-corrected chi connectivity index (χ4v) is 2.86. The van der Waals surface area contributed by atoms with Crippen LogP contribution < -0.4 is 10.6 Å². The van der Waals surface area contributed by atoms with E-state index in [0.29, 0.717) is 5.92 Å². The Labute approximate surface area is 123 Å². The molecule has 1 fully saturated rings. The summed E-state index contributed by atoms with van der Waals surface area (Å²) in [4.78, 5) is 2.51. The van der Waals surface area contributed by atoms with E-state index in [0.717, 1.165) is 6.42 Å². The average molecular weight is 283 g/mol. The SMILES string of the molecule is CC(C)CC(N)c1ccccc1N1CCCCC1.Cl. The molecular weight excluding hydrogens is 256 g/mol. The summed E-state index contributed by atoms with van der Waals surface area (Å²) in [6, 6.07) is 8.86. The van der Waals surface area contributed by atoms with Gasteiger partial charge in [-0.2, -0.15) is 0 Å². The third-order valence-corrected chi connectivity index (χ3v) is 3.76. The lowest BCUT2D eigenvalue weighted by molar-refractivity contribution is 0.506. The van der Waals surface area contributed by atoms with Gasteiger partial charge in [0.1, 0.15) is 0 Å². The molecule has 1 aliphatic rings. The van der Waals surface area contributed by atoms with Gasteiger partial charge in [-0.15, -0.1) is 12.4 Å². The molecule has 1 unspecified atom stereocenters. The monoisotopic (exact) mass is 282 g/mol. The topological polar surface area (TPSA) is 29.3 Å². The molecule has 0 amide bonds. The Kier molecular flexibility index (Phi) is 6.67. The lowest BCUT2D eigenvalue weighted by Gasteiger charge is -2.32. The van der Waals surface area contributed by atoms with Crippen molar-refractivity contribution in [2.75, 3.05) is 18.0 Å². The molecule has 0 saturated carbocycles. The summed E-state index contributed by atoms with van der Waals surface area (Å²) in [5, 5.41) is 0. The Balaban J connectivity index is 0.00000180. The number of para-hydroxylation sites is 1. The molecule has 0 aromatic heterocycles. The summed E-state index contributed by atoms with van der Waals surface area (Å²) in [5.74, 6) is 0.648. The van der Waals surface area contributed by atoms with Crippen LogP contribution in [-0.4, -0.2) is 13.1 Å². The van der Waals surface area contributed by atoms with Crippen molar-refractivity contribution >= 4 is 18.1 Å². The number of piperidine rings is 1. The van der Waals surface area contributed by atoms with Crippen LogP contribution in [-0.2, 0) is 0 Å². The smallest absolute Gasteiger partial charge is 0.0414 e. The van der Waals surface area contributed by atoms with Crippen LogP contribution in [0.3, 0.4) is 0 Å². The molecule has 108 valence electrons. The fraction of sp³-hybridized carbons (Fsp3) is 0.625. The highest BCUT2D eigenvalue weighted by molar-refractivity contribution is 5.85. The first-order chi connectivity index (χ1) is 8.68. The number of anilines is 1. The molecule has 2 rings (SSSR count). The normalized spacial score (nSPS) is 17.2. The van der Waals surface area contributed by atoms with Crippen molar-refractivity contribution in [1.82, 2.24) is 0 Å². The fourth-order valence-electron chi connectivity index (χ4n) is 2.86. The van der Waals surface area contributed by atoms with E-state index in [1.807, 2.05) is 0 Å². The number of benzene rings is 1. The molecule has 3 heteroatoms. The van der Waals surface area contributed by atoms with Gasteiger partial charge in [-0.3, -0.25) is 0 Å². The minimum absolute atomic E-state index is 0. The zero-order valence-corrected chi connectivity index (χ0v) is 13.0. The number of rotatable bonds is 4. The van der Waals surface area contributed by atoms with Gasteiger partial charge in [0.15, 0.2) is 0 Å². The summed E-state index contributed by atoms with van der Waals surface area (Å²) in [6.45, 7) is 6.85. The minimum Gasteiger partial charge on any atom is -0.371 e. The van der Waals surface area contributed by atoms with Crippen LogP contribution in [0.2, 0.25) is 0 Å². The number of nitrogens with zero attached hydrogens (tertiary/aromatic N) is 1. The van der Waals surface area contributed by atoms with Crippen LogP contribution in [0.4, 0.5) is 5.69 Å². The van der Waals surface area contributed by atoms with Gasteiger partial charge >= 0.3 is 0 Å². The molecule has 1 heterocycles. The molecule has 2 N–H and O–H groups in total. The van der Waals surface area contributed by atoms with Crippen LogP contribution in [0.5, 0.6) is 0 Å². The predicted octanol–water partition coefficient (Wildman–Crippen LogP) is 4.14. The average Bonchev–Trinajstić information content (AvgIpc) is 2.39. The van der Waals surface area contributed by atoms with E-state index in [-0.39, 0.29) is 18.4 Å². The Bertz CT molecular complexity index is 373. The maximum Gasteiger partial charge on any atom is 0.0414 e. The maximum absolute atomic E-state index is 6.38. The number of hydrogen-bond donors (Lipinski definition) is 1. The number of hydrogen-bond acceptors (Lipinski definition) is 2. The van der Waals surface area contributed by atoms with Gasteiger partial charge < -0.3 is 10.6 Å². The second-order valence-electron chi connectivity index (χ2n) is 5.84. The Morgan fingerprint density at radius 2 is 1.74 bits per heavy atom. The van der Waals surface area contributed by atoms with Gasteiger partial charge in [0.25, 0.3) is 0 Å². The molecule has 1 aliphatic heterocycles. The molecule has 2 nitrogen and oxygen atoms in total. The van der Waals surface area contributed by atoms with Crippen molar-refractivity contribution in [3.63, 3.8) is 0 Å². The first-order valence-electron chi connectivity index (χ1n) is 7.28. The van der Waals surface area contributed by atoms with Gasteiger partial charge in [0, 0.05) is 24.8 Å². The number of halogens is 1. The quantitative estimate of drug-likeness (QED) is 0.899. The highest BCUT2D eigenvalue weighted by atomic mass is 35.5. The third kappa shape index (κ3) is 4.39. The molecule has 0 spiro atoms. The first kappa shape index (κ1) is 16.3. The second-order valence-corrected chi connectivity index (χ2v) is 5.84. The van der Waals surface area contributed by atoms with Crippen LogP contribution >= 0.6 is 12.4 Å². The van der Waals surface area contributed by atoms with Gasteiger partial charge in [-0.05, 0) is 43.2 Å². The third-order valence-electron chi connectivity index (χ3n) is 3.76. The largest absolute Gasteiger partial charge is 0.371 e. The molecule has 1 aromatic carbocycles. The minimum atomic E-state index is 0. The van der Waals surface area contributed by atoms with Crippen LogP contribution in [0.1, 0.15) is 51.1 Å². The molecule has 1 saturated heterocycles. The van der Waals surface area contributed by atoms with E-state index in [2.05, 4.69) is 43.0 Å². The maximum atomic E-state index is 6.38. The van der Waals surface area contributed by atoms with E-state index >= 15 is 0 Å². The van der Waals surface area contributed by atoms with Gasteiger partial charge in [-0.1, -0.05) is 32.0 Å². The van der Waals surface area contributed by atoms with Crippen molar-refractivity contribution in [3.05, 3.63) is 29.8 Å². The summed E-state index contributed by atoms with van der Waals surface area (Å²) in [5.41, 5.74) is 9.07. The Morgan fingerprint density at radius 3 is 2.37 bits per heavy atom. The van der Waals surface area contributed by atoms with E-state index in [1.54, 1.807) is 0 Å². The number of nitrogens with two attached hydrogens (primary N) is 1. The zero-order chi connectivity index (χ0) is 13.0. The van der Waals surface area contributed by atoms with Gasteiger partial charge in [0.05, 0.1) is 0 Å². The lowest BCUT2D eigenvalue weighted by Crippen LogP contribution is -2.31. The highest BCUT2D eigenvalue weighted by Crippen LogP contribution is 2.30. The molecule has 0 radical (unpaired) electrons. The Hall–Kier alpha value is -0.730. The van der Waals surface area contributed by atoms with Crippen LogP contribution in [0.25, 0.3) is 0 Å². The molecule has 19 heavy (non-hydrogen) atoms. The molecule has 1 atom stereocenters. The molecule has 0 bridgehead atoms. The van der Waals surface area contributed by atoms with Crippen molar-refractivity contribution in [2.24, 2.45) is 11.7 Å². The zero-order valence-electron chi connectivity index (χ0n) is 12.1. The van der Waals surface area contributed by atoms with Crippen molar-refractivity contribution in [2.45, 2.75) is 45.6 Å². The molecular formula is C16H27ClN2. The van der Waals surface area contributed by atoms with Crippen molar-refractivity contribution < 1.29 is 0 Å². The summed E-state index contributed by atoms with van der Waals surface area (Å²) in [7, 11) is 0. The van der Waals surface area contributed by atoms with E-state index in [4.69, 9.17) is 5.73 Å². The first-order valence-corrected chi connectivity index (χ1v) is 7.28. The predicted molar refractivity (Wildman–Crippen MR) is 86.1 cm³/mol. The van der Waals surface area contributed by atoms with E-state index in [1.165, 1.54) is 43.6 Å². The van der Waals surface area contributed by atoms with Gasteiger partial charge in [-0.25, -0.2) is 0 Å². The van der Waals surface area contributed by atoms with Crippen molar-refractivity contribution in [3.8, 4) is 0 Å². The van der Waals surface area contributed by atoms with Crippen LogP contribution in [0, 0.1) is 5.92 Å². The van der Waals surface area contributed by atoms with E-state index < -0.39 is 0 Å². The summed E-state index contributed by atoms with van der Waals surface area (Å²) >= 11 is 0. The Morgan fingerprint density at radius 1 is 1.11 bits per heavy atom. The molecule has 1 aromatic rings. The van der Waals surface area contributed by atoms with Gasteiger partial charge in [0.2, 0.25) is 0 Å². The molecule has 0 aliphatic carbocycles.